The third-order valence-electron chi connectivity index (χ3n) is 3.94. The molecule has 0 heterocycles. The Morgan fingerprint density at radius 2 is 1.76 bits per heavy atom. The average molecular weight is 340 g/mol. The minimum absolute atomic E-state index is 0.0529. The van der Waals surface area contributed by atoms with Gasteiger partial charge < -0.3 is 10.0 Å². The average Bonchev–Trinajstić information content (AvgIpc) is 2.62. The van der Waals surface area contributed by atoms with Crippen molar-refractivity contribution in [2.45, 2.75) is 12.8 Å². The molecule has 0 aliphatic heterocycles. The number of aryl methyl sites for hydroxylation is 1. The van der Waals surface area contributed by atoms with Crippen molar-refractivity contribution in [1.82, 2.24) is 4.90 Å². The van der Waals surface area contributed by atoms with Crippen molar-refractivity contribution in [3.05, 3.63) is 54.2 Å². The molecule has 25 heavy (non-hydrogen) atoms. The van der Waals surface area contributed by atoms with Gasteiger partial charge in [-0.15, -0.1) is 0 Å². The molecule has 0 fully saturated rings. The molecule has 0 radical (unpaired) electrons. The minimum atomic E-state index is -0.843. The Hall–Kier alpha value is -3.15. The molecule has 2 aromatic carbocycles. The van der Waals surface area contributed by atoms with Crippen molar-refractivity contribution in [3.63, 3.8) is 0 Å². The lowest BCUT2D eigenvalue weighted by atomic mass is 9.99. The van der Waals surface area contributed by atoms with Gasteiger partial charge in [0.05, 0.1) is 5.69 Å². The summed E-state index contributed by atoms with van der Waals surface area (Å²) in [6.45, 7) is 0. The lowest BCUT2D eigenvalue weighted by molar-refractivity contribution is -0.136. The smallest absolute Gasteiger partial charge is 0.327 e. The first-order chi connectivity index (χ1) is 12.0. The Bertz CT molecular complexity index is 829. The Labute approximate surface area is 146 Å². The summed E-state index contributed by atoms with van der Waals surface area (Å²) in [5, 5.41) is 10.7. The zero-order valence-electron chi connectivity index (χ0n) is 14.2. The van der Waals surface area contributed by atoms with Gasteiger partial charge in [0.15, 0.2) is 0 Å². The molecule has 6 nitrogen and oxygen atoms in total. The molecule has 0 saturated carbocycles. The van der Waals surface area contributed by atoms with E-state index in [0.717, 1.165) is 16.3 Å². The van der Waals surface area contributed by atoms with Crippen LogP contribution in [0.5, 0.6) is 0 Å². The number of carboxylic acids is 1. The molecule has 130 valence electrons. The van der Waals surface area contributed by atoms with E-state index in [1.165, 1.54) is 22.1 Å². The number of hydrogen-bond acceptors (Lipinski definition) is 3. The zero-order chi connectivity index (χ0) is 18.4. The first-order valence-corrected chi connectivity index (χ1v) is 7.80. The molecule has 2 aromatic rings. The number of urea groups is 1. The standard InChI is InChI=1S/C19H20N2O4/c1-20(12-5-13-22)19(25)21(2)17-9-4-7-15-14(10-11-18(23)24)6-3-8-16(15)17/h3-9,12-13H,10-11H2,1-2H3,(H,23,24)/b12-5-. The number of carboxylic acid groups (broad SMARTS) is 1. The first-order valence-electron chi connectivity index (χ1n) is 7.80. The number of allylic oxidation sites excluding steroid dienone is 1. The highest BCUT2D eigenvalue weighted by atomic mass is 16.4. The summed E-state index contributed by atoms with van der Waals surface area (Å²) >= 11 is 0. The molecule has 0 atom stereocenters. The lowest BCUT2D eigenvalue weighted by Gasteiger charge is -2.24. The minimum Gasteiger partial charge on any atom is -0.481 e. The van der Waals surface area contributed by atoms with E-state index in [2.05, 4.69) is 0 Å². The van der Waals surface area contributed by atoms with Crippen LogP contribution < -0.4 is 4.90 Å². The highest BCUT2D eigenvalue weighted by molar-refractivity contribution is 6.04. The van der Waals surface area contributed by atoms with Crippen LogP contribution in [-0.4, -0.2) is 42.4 Å². The number of carbonyl (C=O) groups is 3. The Morgan fingerprint density at radius 1 is 1.08 bits per heavy atom. The lowest BCUT2D eigenvalue weighted by Crippen LogP contribution is -2.35. The molecule has 6 heteroatoms. The Kier molecular flexibility index (Phi) is 5.89. The summed E-state index contributed by atoms with van der Waals surface area (Å²) in [5.41, 5.74) is 1.64. The Morgan fingerprint density at radius 3 is 2.44 bits per heavy atom. The van der Waals surface area contributed by atoms with Crippen LogP contribution in [0.3, 0.4) is 0 Å². The molecule has 0 aliphatic carbocycles. The number of benzene rings is 2. The maximum absolute atomic E-state index is 12.5. The van der Waals surface area contributed by atoms with E-state index in [4.69, 9.17) is 5.11 Å². The van der Waals surface area contributed by atoms with Gasteiger partial charge in [-0.3, -0.25) is 14.5 Å². The zero-order valence-corrected chi connectivity index (χ0v) is 14.2. The van der Waals surface area contributed by atoms with Gasteiger partial charge >= 0.3 is 12.0 Å². The van der Waals surface area contributed by atoms with Crippen LogP contribution in [0.4, 0.5) is 10.5 Å². The summed E-state index contributed by atoms with van der Waals surface area (Å²) < 4.78 is 0. The fourth-order valence-electron chi connectivity index (χ4n) is 2.68. The molecule has 0 aromatic heterocycles. The second-order valence-corrected chi connectivity index (χ2v) is 5.61. The summed E-state index contributed by atoms with van der Waals surface area (Å²) in [5.74, 6) is -0.843. The fourth-order valence-corrected chi connectivity index (χ4v) is 2.68. The van der Waals surface area contributed by atoms with Gasteiger partial charge in [-0.25, -0.2) is 4.79 Å². The highest BCUT2D eigenvalue weighted by Crippen LogP contribution is 2.29. The molecule has 0 bridgehead atoms. The third kappa shape index (κ3) is 4.23. The van der Waals surface area contributed by atoms with Crippen molar-refractivity contribution in [3.8, 4) is 0 Å². The predicted octanol–water partition coefficient (Wildman–Crippen LogP) is 3.06. The summed E-state index contributed by atoms with van der Waals surface area (Å²) in [4.78, 5) is 36.6. The maximum atomic E-state index is 12.5. The van der Waals surface area contributed by atoms with Crippen LogP contribution in [0.15, 0.2) is 48.7 Å². The van der Waals surface area contributed by atoms with Crippen LogP contribution in [0.2, 0.25) is 0 Å². The molecular weight excluding hydrogens is 320 g/mol. The fraction of sp³-hybridized carbons (Fsp3) is 0.211. The third-order valence-corrected chi connectivity index (χ3v) is 3.94. The van der Waals surface area contributed by atoms with Gasteiger partial charge in [-0.2, -0.15) is 0 Å². The topological polar surface area (TPSA) is 77.9 Å². The van der Waals surface area contributed by atoms with Crippen molar-refractivity contribution >= 4 is 34.7 Å². The monoisotopic (exact) mass is 340 g/mol. The second kappa shape index (κ2) is 8.10. The normalized spacial score (nSPS) is 10.8. The number of rotatable bonds is 6. The molecule has 0 spiro atoms. The van der Waals surface area contributed by atoms with E-state index >= 15 is 0 Å². The summed E-state index contributed by atoms with van der Waals surface area (Å²) in [6.07, 6.45) is 3.73. The van der Waals surface area contributed by atoms with Crippen molar-refractivity contribution < 1.29 is 19.5 Å². The SMILES string of the molecule is CN(/C=C\C=O)C(=O)N(C)c1cccc2c(CCC(=O)O)cccc12. The van der Waals surface area contributed by atoms with Crippen LogP contribution in [-0.2, 0) is 16.0 Å². The molecule has 1 N–H and O–H groups in total. The Balaban J connectivity index is 2.40. The molecule has 2 amide bonds. The maximum Gasteiger partial charge on any atom is 0.327 e. The number of carbonyl (C=O) groups excluding carboxylic acids is 2. The summed E-state index contributed by atoms with van der Waals surface area (Å²) in [6, 6.07) is 11.0. The molecular formula is C19H20N2O4. The van der Waals surface area contributed by atoms with Gasteiger partial charge in [0.25, 0.3) is 0 Å². The van der Waals surface area contributed by atoms with E-state index in [1.54, 1.807) is 14.1 Å². The van der Waals surface area contributed by atoms with Gasteiger partial charge in [0, 0.05) is 32.1 Å². The predicted molar refractivity (Wildman–Crippen MR) is 96.7 cm³/mol. The molecule has 2 rings (SSSR count). The second-order valence-electron chi connectivity index (χ2n) is 5.61. The van der Waals surface area contributed by atoms with Crippen molar-refractivity contribution in [2.75, 3.05) is 19.0 Å². The largest absolute Gasteiger partial charge is 0.481 e. The van der Waals surface area contributed by atoms with Gasteiger partial charge in [-0.05, 0) is 29.5 Å². The van der Waals surface area contributed by atoms with Gasteiger partial charge in [-0.1, -0.05) is 30.3 Å². The number of amides is 2. The van der Waals surface area contributed by atoms with E-state index in [9.17, 15) is 14.4 Å². The van der Waals surface area contributed by atoms with Gasteiger partial charge in [0.1, 0.15) is 6.29 Å². The van der Waals surface area contributed by atoms with E-state index in [1.807, 2.05) is 36.4 Å². The van der Waals surface area contributed by atoms with E-state index in [-0.39, 0.29) is 12.5 Å². The first kappa shape index (κ1) is 18.2. The van der Waals surface area contributed by atoms with Crippen LogP contribution in [0.25, 0.3) is 10.8 Å². The van der Waals surface area contributed by atoms with Crippen LogP contribution in [0, 0.1) is 0 Å². The summed E-state index contributed by atoms with van der Waals surface area (Å²) in [7, 11) is 3.23. The molecule has 0 aliphatic rings. The number of aliphatic carboxylic acids is 1. The van der Waals surface area contributed by atoms with Crippen LogP contribution in [0.1, 0.15) is 12.0 Å². The number of hydrogen-bond donors (Lipinski definition) is 1. The number of fused-ring (bicyclic) bond motifs is 1. The number of anilines is 1. The quantitative estimate of drug-likeness (QED) is 0.647. The number of aldehydes is 1. The molecule has 0 unspecified atom stereocenters. The van der Waals surface area contributed by atoms with E-state index < -0.39 is 5.97 Å². The van der Waals surface area contributed by atoms with Gasteiger partial charge in [0.2, 0.25) is 0 Å². The van der Waals surface area contributed by atoms with Crippen molar-refractivity contribution in [1.29, 1.82) is 0 Å². The van der Waals surface area contributed by atoms with E-state index in [0.29, 0.717) is 18.4 Å². The van der Waals surface area contributed by atoms with Crippen molar-refractivity contribution in [2.24, 2.45) is 0 Å². The number of nitrogens with zero attached hydrogens (tertiary/aromatic N) is 2. The molecule has 0 saturated heterocycles. The van der Waals surface area contributed by atoms with Crippen LogP contribution >= 0.6 is 0 Å². The highest BCUT2D eigenvalue weighted by Gasteiger charge is 2.17.